The molecule has 0 saturated heterocycles. The van der Waals surface area contributed by atoms with Crippen LogP contribution in [0.3, 0.4) is 0 Å². The molecule has 27 heavy (non-hydrogen) atoms. The van der Waals surface area contributed by atoms with Crippen LogP contribution in [0.25, 0.3) is 0 Å². The molecule has 0 unspecified atom stereocenters. The zero-order chi connectivity index (χ0) is 20.0. The van der Waals surface area contributed by atoms with Crippen LogP contribution in [0.15, 0.2) is 34.8 Å². The minimum atomic E-state index is -0.420. The summed E-state index contributed by atoms with van der Waals surface area (Å²) in [5.74, 6) is 1.18. The maximum atomic E-state index is 12.5. The van der Waals surface area contributed by atoms with E-state index < -0.39 is 5.91 Å². The molecular weight excluding hydrogens is 418 g/mol. The first-order valence-corrected chi connectivity index (χ1v) is 8.69. The van der Waals surface area contributed by atoms with Gasteiger partial charge < -0.3 is 24.3 Å². The average molecular weight is 438 g/mol. The Labute approximate surface area is 165 Å². The van der Waals surface area contributed by atoms with Crippen LogP contribution in [0.2, 0.25) is 0 Å². The van der Waals surface area contributed by atoms with E-state index in [-0.39, 0.29) is 12.3 Å². The van der Waals surface area contributed by atoms with Gasteiger partial charge in [-0.3, -0.25) is 9.59 Å². The lowest BCUT2D eigenvalue weighted by molar-refractivity contribution is 0.0903. The molecule has 0 aliphatic heterocycles. The molecule has 2 aromatic carbocycles. The molecule has 144 valence electrons. The fourth-order valence-electron chi connectivity index (χ4n) is 2.40. The van der Waals surface area contributed by atoms with Crippen molar-refractivity contribution in [2.45, 2.75) is 0 Å². The van der Waals surface area contributed by atoms with Crippen molar-refractivity contribution in [2.75, 3.05) is 35.0 Å². The van der Waals surface area contributed by atoms with Gasteiger partial charge in [0.05, 0.1) is 40.5 Å². The molecule has 0 fully saturated rings. The number of hydrogen-bond acceptors (Lipinski definition) is 6. The second-order valence-corrected chi connectivity index (χ2v) is 6.22. The molecule has 2 rings (SSSR count). The Kier molecular flexibility index (Phi) is 7.06. The number of Topliss-reactive ketones (excluding diaryl/α,β-unsaturated/α-hetero) is 1. The van der Waals surface area contributed by atoms with Gasteiger partial charge in [-0.2, -0.15) is 0 Å². The van der Waals surface area contributed by atoms with E-state index in [9.17, 15) is 9.59 Å². The summed E-state index contributed by atoms with van der Waals surface area (Å²) in [6, 6.07) is 7.99. The summed E-state index contributed by atoms with van der Waals surface area (Å²) in [6.07, 6.45) is 0. The maximum Gasteiger partial charge on any atom is 0.252 e. The van der Waals surface area contributed by atoms with Crippen molar-refractivity contribution in [2.24, 2.45) is 0 Å². The molecule has 0 atom stereocenters. The number of hydrogen-bond donors (Lipinski definition) is 1. The van der Waals surface area contributed by atoms with E-state index in [0.717, 1.165) is 0 Å². The standard InChI is InChI=1S/C19H20BrNO6/c1-24-15-6-5-11(7-16(15)25-2)14(22)10-21-19(23)12-8-17(26-3)18(27-4)9-13(12)20/h5-9H,10H2,1-4H3,(H,21,23). The minimum Gasteiger partial charge on any atom is -0.493 e. The molecule has 7 nitrogen and oxygen atoms in total. The monoisotopic (exact) mass is 437 g/mol. The number of ketones is 1. The Morgan fingerprint density at radius 2 is 1.41 bits per heavy atom. The first kappa shape index (κ1) is 20.6. The lowest BCUT2D eigenvalue weighted by Gasteiger charge is -2.12. The van der Waals surface area contributed by atoms with E-state index in [0.29, 0.717) is 38.6 Å². The molecule has 2 aromatic rings. The smallest absolute Gasteiger partial charge is 0.252 e. The topological polar surface area (TPSA) is 83.1 Å². The third kappa shape index (κ3) is 4.71. The third-order valence-electron chi connectivity index (χ3n) is 3.83. The normalized spacial score (nSPS) is 10.1. The van der Waals surface area contributed by atoms with Crippen LogP contribution in [0.1, 0.15) is 20.7 Å². The number of amides is 1. The molecule has 0 saturated carbocycles. The van der Waals surface area contributed by atoms with Crippen molar-refractivity contribution in [3.05, 3.63) is 45.9 Å². The van der Waals surface area contributed by atoms with Crippen LogP contribution >= 0.6 is 15.9 Å². The molecular formula is C19H20BrNO6. The number of nitrogens with one attached hydrogen (secondary N) is 1. The summed E-state index contributed by atoms with van der Waals surface area (Å²) >= 11 is 3.33. The fraction of sp³-hybridized carbons (Fsp3) is 0.263. The van der Waals surface area contributed by atoms with Crippen LogP contribution in [0.5, 0.6) is 23.0 Å². The van der Waals surface area contributed by atoms with Crippen molar-refractivity contribution in [3.63, 3.8) is 0 Å². The van der Waals surface area contributed by atoms with Crippen LogP contribution in [0.4, 0.5) is 0 Å². The quantitative estimate of drug-likeness (QED) is 0.638. The van der Waals surface area contributed by atoms with Gasteiger partial charge in [0.1, 0.15) is 0 Å². The summed E-state index contributed by atoms with van der Waals surface area (Å²) < 4.78 is 21.3. The SMILES string of the molecule is COc1ccc(C(=O)CNC(=O)c2cc(OC)c(OC)cc2Br)cc1OC. The van der Waals surface area contributed by atoms with E-state index in [1.54, 1.807) is 30.3 Å². The zero-order valence-corrected chi connectivity index (χ0v) is 17.0. The van der Waals surface area contributed by atoms with Crippen LogP contribution in [0, 0.1) is 0 Å². The molecule has 0 radical (unpaired) electrons. The predicted octanol–water partition coefficient (Wildman–Crippen LogP) is 3.10. The van der Waals surface area contributed by atoms with E-state index in [4.69, 9.17) is 18.9 Å². The van der Waals surface area contributed by atoms with Crippen molar-refractivity contribution >= 4 is 27.6 Å². The maximum absolute atomic E-state index is 12.5. The molecule has 0 aliphatic rings. The lowest BCUT2D eigenvalue weighted by Crippen LogP contribution is -2.29. The van der Waals surface area contributed by atoms with Gasteiger partial charge in [0.2, 0.25) is 0 Å². The predicted molar refractivity (Wildman–Crippen MR) is 103 cm³/mol. The van der Waals surface area contributed by atoms with Gasteiger partial charge in [0, 0.05) is 10.0 Å². The van der Waals surface area contributed by atoms with Gasteiger partial charge in [-0.1, -0.05) is 0 Å². The highest BCUT2D eigenvalue weighted by Gasteiger charge is 2.17. The van der Waals surface area contributed by atoms with E-state index in [1.807, 2.05) is 0 Å². The summed E-state index contributed by atoms with van der Waals surface area (Å²) in [5.41, 5.74) is 0.729. The fourth-order valence-corrected chi connectivity index (χ4v) is 2.90. The minimum absolute atomic E-state index is 0.172. The third-order valence-corrected chi connectivity index (χ3v) is 4.49. The summed E-state index contributed by atoms with van der Waals surface area (Å²) in [7, 11) is 5.99. The zero-order valence-electron chi connectivity index (χ0n) is 15.4. The molecule has 0 aliphatic carbocycles. The van der Waals surface area contributed by atoms with Crippen LogP contribution in [-0.2, 0) is 0 Å². The molecule has 0 aromatic heterocycles. The van der Waals surface area contributed by atoms with Gasteiger partial charge >= 0.3 is 0 Å². The summed E-state index contributed by atoms with van der Waals surface area (Å²) in [4.78, 5) is 24.8. The van der Waals surface area contributed by atoms with E-state index in [1.165, 1.54) is 28.4 Å². The van der Waals surface area contributed by atoms with Gasteiger partial charge in [-0.15, -0.1) is 0 Å². The Bertz CT molecular complexity index is 852. The van der Waals surface area contributed by atoms with Gasteiger partial charge in [-0.05, 0) is 46.3 Å². The molecule has 1 amide bonds. The van der Waals surface area contributed by atoms with Crippen molar-refractivity contribution < 1.29 is 28.5 Å². The number of ether oxygens (including phenoxy) is 4. The highest BCUT2D eigenvalue weighted by atomic mass is 79.9. The van der Waals surface area contributed by atoms with Gasteiger partial charge in [0.25, 0.3) is 5.91 Å². The second-order valence-electron chi connectivity index (χ2n) is 5.36. The molecule has 8 heteroatoms. The molecule has 0 heterocycles. The number of carbonyl (C=O) groups excluding carboxylic acids is 2. The highest BCUT2D eigenvalue weighted by molar-refractivity contribution is 9.10. The number of rotatable bonds is 8. The Balaban J connectivity index is 2.12. The summed E-state index contributed by atoms with van der Waals surface area (Å²) in [5, 5.41) is 2.61. The molecule has 0 spiro atoms. The second kappa shape index (κ2) is 9.27. The molecule has 0 bridgehead atoms. The average Bonchev–Trinajstić information content (AvgIpc) is 2.70. The van der Waals surface area contributed by atoms with E-state index in [2.05, 4.69) is 21.2 Å². The van der Waals surface area contributed by atoms with Gasteiger partial charge in [-0.25, -0.2) is 0 Å². The van der Waals surface area contributed by atoms with Crippen molar-refractivity contribution in [1.29, 1.82) is 0 Å². The lowest BCUT2D eigenvalue weighted by atomic mass is 10.1. The molecule has 1 N–H and O–H groups in total. The highest BCUT2D eigenvalue weighted by Crippen LogP contribution is 2.33. The number of halogens is 1. The van der Waals surface area contributed by atoms with Crippen molar-refractivity contribution in [1.82, 2.24) is 5.32 Å². The van der Waals surface area contributed by atoms with Crippen molar-refractivity contribution in [3.8, 4) is 23.0 Å². The van der Waals surface area contributed by atoms with E-state index >= 15 is 0 Å². The number of carbonyl (C=O) groups is 2. The first-order valence-electron chi connectivity index (χ1n) is 7.90. The first-order chi connectivity index (χ1) is 12.9. The largest absolute Gasteiger partial charge is 0.493 e. The van der Waals surface area contributed by atoms with Gasteiger partial charge in [0.15, 0.2) is 28.8 Å². The Hall–Kier alpha value is -2.74. The van der Waals surface area contributed by atoms with Crippen LogP contribution < -0.4 is 24.3 Å². The number of methoxy groups -OCH3 is 4. The Morgan fingerprint density at radius 1 is 0.852 bits per heavy atom. The Morgan fingerprint density at radius 3 is 2.00 bits per heavy atom. The van der Waals surface area contributed by atoms with Crippen LogP contribution in [-0.4, -0.2) is 46.7 Å². The summed E-state index contributed by atoms with van der Waals surface area (Å²) in [6.45, 7) is -0.172. The number of benzene rings is 2.